The number of aromatic nitrogens is 5. The Morgan fingerprint density at radius 3 is 3.12 bits per heavy atom. The van der Waals surface area contributed by atoms with Crippen LogP contribution in [-0.4, -0.2) is 37.8 Å². The van der Waals surface area contributed by atoms with Gasteiger partial charge in [-0.05, 0) is 6.92 Å². The predicted molar refractivity (Wildman–Crippen MR) is 51.5 cm³/mol. The van der Waals surface area contributed by atoms with Crippen molar-refractivity contribution in [2.75, 3.05) is 6.54 Å². The maximum atomic E-state index is 11.5. The van der Waals surface area contributed by atoms with Crippen LogP contribution in [0.4, 0.5) is 0 Å². The minimum atomic E-state index is -0.326. The second-order valence-corrected chi connectivity index (χ2v) is 3.10. The van der Waals surface area contributed by atoms with Crippen molar-refractivity contribution in [3.63, 3.8) is 0 Å². The van der Waals surface area contributed by atoms with E-state index >= 15 is 0 Å². The number of nitrogens with zero attached hydrogens (tertiary/aromatic N) is 4. The lowest BCUT2D eigenvalue weighted by Crippen LogP contribution is -2.27. The fourth-order valence-corrected chi connectivity index (χ4v) is 1.11. The number of aromatic amines is 1. The molecule has 0 spiro atoms. The number of amides is 1. The van der Waals surface area contributed by atoms with Crippen molar-refractivity contribution < 1.29 is 9.32 Å². The Morgan fingerprint density at radius 2 is 2.50 bits per heavy atom. The van der Waals surface area contributed by atoms with Gasteiger partial charge in [-0.3, -0.25) is 9.89 Å². The van der Waals surface area contributed by atoms with Crippen molar-refractivity contribution in [2.45, 2.75) is 13.3 Å². The van der Waals surface area contributed by atoms with E-state index in [-0.39, 0.29) is 11.7 Å². The van der Waals surface area contributed by atoms with Crippen LogP contribution in [0, 0.1) is 6.92 Å². The molecule has 0 radical (unpaired) electrons. The van der Waals surface area contributed by atoms with E-state index in [1.54, 1.807) is 6.92 Å². The summed E-state index contributed by atoms with van der Waals surface area (Å²) in [5.74, 6) is 0.952. The molecule has 0 saturated carbocycles. The molecule has 8 heteroatoms. The summed E-state index contributed by atoms with van der Waals surface area (Å²) >= 11 is 0. The van der Waals surface area contributed by atoms with E-state index in [0.717, 1.165) is 0 Å². The van der Waals surface area contributed by atoms with Crippen molar-refractivity contribution in [1.82, 2.24) is 30.6 Å². The zero-order valence-electron chi connectivity index (χ0n) is 8.60. The molecule has 0 atom stereocenters. The van der Waals surface area contributed by atoms with Crippen molar-refractivity contribution in [3.05, 3.63) is 23.9 Å². The first-order valence-electron chi connectivity index (χ1n) is 4.68. The molecule has 0 fully saturated rings. The molecule has 0 aromatic carbocycles. The second kappa shape index (κ2) is 4.51. The summed E-state index contributed by atoms with van der Waals surface area (Å²) in [5, 5.41) is 12.6. The zero-order valence-corrected chi connectivity index (χ0v) is 8.60. The van der Waals surface area contributed by atoms with Crippen molar-refractivity contribution in [2.24, 2.45) is 0 Å². The average Bonchev–Trinajstić information content (AvgIpc) is 2.89. The maximum absolute atomic E-state index is 11.5. The summed E-state index contributed by atoms with van der Waals surface area (Å²) in [6.45, 7) is 2.13. The number of H-pyrrole nitrogens is 1. The minimum Gasteiger partial charge on any atom is -0.349 e. The van der Waals surface area contributed by atoms with Gasteiger partial charge in [-0.1, -0.05) is 5.16 Å². The van der Waals surface area contributed by atoms with Crippen molar-refractivity contribution in [1.29, 1.82) is 0 Å². The van der Waals surface area contributed by atoms with E-state index in [9.17, 15) is 4.79 Å². The highest BCUT2D eigenvalue weighted by Crippen LogP contribution is 1.92. The van der Waals surface area contributed by atoms with Gasteiger partial charge in [-0.2, -0.15) is 4.98 Å². The average molecular weight is 222 g/mol. The Bertz CT molecular complexity index is 463. The smallest absolute Gasteiger partial charge is 0.290 e. The Hall–Kier alpha value is -2.25. The van der Waals surface area contributed by atoms with Gasteiger partial charge in [0, 0.05) is 13.0 Å². The lowest BCUT2D eigenvalue weighted by atomic mass is 10.4. The van der Waals surface area contributed by atoms with Gasteiger partial charge in [0.25, 0.3) is 5.91 Å². The largest absolute Gasteiger partial charge is 0.349 e. The van der Waals surface area contributed by atoms with Crippen LogP contribution in [0.25, 0.3) is 0 Å². The van der Waals surface area contributed by atoms with Gasteiger partial charge in [-0.15, -0.1) is 5.10 Å². The predicted octanol–water partition coefficient (Wildman–Crippen LogP) is -0.531. The Kier molecular flexibility index (Phi) is 2.90. The van der Waals surface area contributed by atoms with Gasteiger partial charge in [-0.25, -0.2) is 4.98 Å². The maximum Gasteiger partial charge on any atom is 0.290 e. The van der Waals surface area contributed by atoms with E-state index in [4.69, 9.17) is 0 Å². The van der Waals surface area contributed by atoms with Gasteiger partial charge < -0.3 is 9.84 Å². The lowest BCUT2D eigenvalue weighted by Gasteiger charge is -1.98. The van der Waals surface area contributed by atoms with Gasteiger partial charge in [0.05, 0.1) is 0 Å². The Morgan fingerprint density at radius 1 is 1.62 bits per heavy atom. The highest BCUT2D eigenvalue weighted by atomic mass is 16.5. The number of nitrogens with one attached hydrogen (secondary N) is 2. The molecular formula is C8H10N6O2. The molecule has 8 nitrogen and oxygen atoms in total. The van der Waals surface area contributed by atoms with Gasteiger partial charge in [0.2, 0.25) is 12.2 Å². The summed E-state index contributed by atoms with van der Waals surface area (Å²) < 4.78 is 4.56. The SMILES string of the molecule is Cc1nc(C(=O)NCCc2ncon2)n[nH]1. The first-order chi connectivity index (χ1) is 7.75. The molecule has 2 aromatic rings. The number of carbonyl (C=O) groups excluding carboxylic acids is 1. The van der Waals surface area contributed by atoms with Crippen molar-refractivity contribution >= 4 is 5.91 Å². The van der Waals surface area contributed by atoms with E-state index in [0.29, 0.717) is 24.6 Å². The van der Waals surface area contributed by atoms with E-state index in [2.05, 4.69) is 35.2 Å². The summed E-state index contributed by atoms with van der Waals surface area (Å²) in [4.78, 5) is 19.2. The van der Waals surface area contributed by atoms with Crippen molar-refractivity contribution in [3.8, 4) is 0 Å². The van der Waals surface area contributed by atoms with Gasteiger partial charge >= 0.3 is 0 Å². The molecule has 0 saturated heterocycles. The second-order valence-electron chi connectivity index (χ2n) is 3.10. The highest BCUT2D eigenvalue weighted by molar-refractivity contribution is 5.90. The highest BCUT2D eigenvalue weighted by Gasteiger charge is 2.10. The minimum absolute atomic E-state index is 0.130. The molecule has 16 heavy (non-hydrogen) atoms. The molecule has 0 unspecified atom stereocenters. The standard InChI is InChI=1S/C8H10N6O2/c1-5-11-7(13-12-5)8(15)9-3-2-6-10-4-16-14-6/h4H,2-3H2,1H3,(H,9,15)(H,11,12,13). The van der Waals surface area contributed by atoms with Crippen LogP contribution in [-0.2, 0) is 6.42 Å². The first-order valence-corrected chi connectivity index (χ1v) is 4.68. The summed E-state index contributed by atoms with van der Waals surface area (Å²) in [6, 6.07) is 0. The quantitative estimate of drug-likeness (QED) is 0.719. The molecule has 2 heterocycles. The molecule has 0 aliphatic heterocycles. The zero-order chi connectivity index (χ0) is 11.4. The molecule has 2 aromatic heterocycles. The molecule has 0 aliphatic rings. The van der Waals surface area contributed by atoms with E-state index in [1.807, 2.05) is 0 Å². The third kappa shape index (κ3) is 2.41. The monoisotopic (exact) mass is 222 g/mol. The molecule has 1 amide bonds. The van der Waals surface area contributed by atoms with Crippen LogP contribution in [0.3, 0.4) is 0 Å². The number of hydrogen-bond acceptors (Lipinski definition) is 6. The Labute approximate surface area is 90.5 Å². The third-order valence-corrected chi connectivity index (χ3v) is 1.84. The van der Waals surface area contributed by atoms with Gasteiger partial charge in [0.15, 0.2) is 5.82 Å². The van der Waals surface area contributed by atoms with E-state index < -0.39 is 0 Å². The topological polar surface area (TPSA) is 110 Å². The van der Waals surface area contributed by atoms with Crippen LogP contribution in [0.2, 0.25) is 0 Å². The number of rotatable bonds is 4. The summed E-state index contributed by atoms with van der Waals surface area (Å²) in [6.07, 6.45) is 1.75. The summed E-state index contributed by atoms with van der Waals surface area (Å²) in [7, 11) is 0. The van der Waals surface area contributed by atoms with Crippen LogP contribution in [0.5, 0.6) is 0 Å². The van der Waals surface area contributed by atoms with Crippen LogP contribution >= 0.6 is 0 Å². The van der Waals surface area contributed by atoms with Crippen LogP contribution in [0.1, 0.15) is 22.3 Å². The number of aryl methyl sites for hydroxylation is 1. The normalized spacial score (nSPS) is 10.3. The van der Waals surface area contributed by atoms with Crippen LogP contribution < -0.4 is 5.32 Å². The van der Waals surface area contributed by atoms with Crippen LogP contribution in [0.15, 0.2) is 10.9 Å². The molecule has 2 N–H and O–H groups in total. The third-order valence-electron chi connectivity index (χ3n) is 1.84. The Balaban J connectivity index is 1.80. The molecule has 2 rings (SSSR count). The first kappa shape index (κ1) is 10.3. The molecule has 0 bridgehead atoms. The molecule has 0 aliphatic carbocycles. The lowest BCUT2D eigenvalue weighted by molar-refractivity contribution is 0.0944. The number of hydrogen-bond donors (Lipinski definition) is 2. The summed E-state index contributed by atoms with van der Waals surface area (Å²) in [5.41, 5.74) is 0. The fraction of sp³-hybridized carbons (Fsp3) is 0.375. The van der Waals surface area contributed by atoms with E-state index in [1.165, 1.54) is 6.39 Å². The number of carbonyl (C=O) groups is 1. The van der Waals surface area contributed by atoms with Gasteiger partial charge in [0.1, 0.15) is 5.82 Å². The molecule has 84 valence electrons. The molecular weight excluding hydrogens is 212 g/mol. The fourth-order valence-electron chi connectivity index (χ4n) is 1.11.